The topological polar surface area (TPSA) is 88.9 Å². The van der Waals surface area contributed by atoms with Crippen molar-refractivity contribution in [3.8, 4) is 0 Å². The number of piperidine rings is 1. The number of hydrogen-bond acceptors (Lipinski definition) is 6. The van der Waals surface area contributed by atoms with Crippen LogP contribution in [0.25, 0.3) is 10.9 Å². The lowest BCUT2D eigenvalue weighted by Gasteiger charge is -2.47. The molecule has 1 spiro atoms. The number of hydrogen-bond donors (Lipinski definition) is 1. The van der Waals surface area contributed by atoms with Crippen LogP contribution < -0.4 is 5.56 Å². The van der Waals surface area contributed by atoms with Crippen LogP contribution in [0.1, 0.15) is 80.8 Å². The Morgan fingerprint density at radius 3 is 2.83 bits per heavy atom. The van der Waals surface area contributed by atoms with E-state index in [0.29, 0.717) is 12.0 Å². The van der Waals surface area contributed by atoms with Crippen LogP contribution in [0.15, 0.2) is 29.1 Å². The Bertz CT molecular complexity index is 1230. The highest BCUT2D eigenvalue weighted by Crippen LogP contribution is 2.45. The summed E-state index contributed by atoms with van der Waals surface area (Å²) in [4.78, 5) is 19.2. The van der Waals surface area contributed by atoms with Crippen molar-refractivity contribution in [1.29, 1.82) is 0 Å². The number of nitrogens with zero attached hydrogens (tertiary/aromatic N) is 5. The van der Waals surface area contributed by atoms with Crippen molar-refractivity contribution < 1.29 is 4.74 Å². The fourth-order valence-electron chi connectivity index (χ4n) is 6.74. The lowest BCUT2D eigenvalue weighted by Crippen LogP contribution is -2.47. The molecule has 2 aliphatic heterocycles. The molecule has 186 valence electrons. The van der Waals surface area contributed by atoms with Crippen molar-refractivity contribution in [2.24, 2.45) is 5.41 Å². The maximum absolute atomic E-state index is 13.5. The van der Waals surface area contributed by atoms with Crippen LogP contribution >= 0.6 is 0 Å². The Balaban J connectivity index is 1.44. The minimum Gasteiger partial charge on any atom is -0.376 e. The van der Waals surface area contributed by atoms with Crippen molar-refractivity contribution in [1.82, 2.24) is 30.1 Å². The van der Waals surface area contributed by atoms with Crippen LogP contribution in [-0.4, -0.2) is 55.9 Å². The van der Waals surface area contributed by atoms with E-state index in [1.54, 1.807) is 0 Å². The first-order chi connectivity index (χ1) is 17.1. The molecule has 2 atom stereocenters. The number of nitrogens with one attached hydrogen (secondary N) is 1. The normalized spacial score (nSPS) is 23.7. The molecule has 8 nitrogen and oxygen atoms in total. The van der Waals surface area contributed by atoms with Gasteiger partial charge in [-0.1, -0.05) is 30.9 Å². The largest absolute Gasteiger partial charge is 0.376 e. The summed E-state index contributed by atoms with van der Waals surface area (Å²) in [7, 11) is 0. The zero-order chi connectivity index (χ0) is 23.8. The first-order valence-electron chi connectivity index (χ1n) is 13.4. The van der Waals surface area contributed by atoms with Gasteiger partial charge in [0.15, 0.2) is 5.82 Å². The lowest BCUT2D eigenvalue weighted by atomic mass is 9.69. The lowest BCUT2D eigenvalue weighted by molar-refractivity contribution is 0.0326. The van der Waals surface area contributed by atoms with E-state index >= 15 is 0 Å². The number of aryl methyl sites for hydroxylation is 1. The van der Waals surface area contributed by atoms with Gasteiger partial charge in [0.2, 0.25) is 0 Å². The summed E-state index contributed by atoms with van der Waals surface area (Å²) >= 11 is 0. The molecule has 4 heterocycles. The summed E-state index contributed by atoms with van der Waals surface area (Å²) in [6.45, 7) is 5.45. The highest BCUT2D eigenvalue weighted by molar-refractivity contribution is 5.79. The predicted molar refractivity (Wildman–Crippen MR) is 134 cm³/mol. The van der Waals surface area contributed by atoms with Crippen molar-refractivity contribution >= 4 is 10.9 Å². The Labute approximate surface area is 206 Å². The van der Waals surface area contributed by atoms with E-state index in [1.165, 1.54) is 44.1 Å². The summed E-state index contributed by atoms with van der Waals surface area (Å²) in [6, 6.07) is 7.96. The van der Waals surface area contributed by atoms with E-state index in [0.717, 1.165) is 61.2 Å². The molecule has 1 aliphatic carbocycles. The number of tetrazole rings is 1. The van der Waals surface area contributed by atoms with Crippen molar-refractivity contribution in [2.75, 3.05) is 19.7 Å². The minimum absolute atomic E-state index is 0.0544. The molecule has 2 saturated heterocycles. The molecular formula is C27H36N6O2. The third kappa shape index (κ3) is 4.54. The van der Waals surface area contributed by atoms with E-state index in [2.05, 4.69) is 44.5 Å². The summed E-state index contributed by atoms with van der Waals surface area (Å²) in [6.07, 6.45) is 11.2. The molecule has 0 radical (unpaired) electrons. The third-order valence-corrected chi connectivity index (χ3v) is 8.50. The van der Waals surface area contributed by atoms with E-state index < -0.39 is 0 Å². The van der Waals surface area contributed by atoms with Gasteiger partial charge < -0.3 is 9.72 Å². The van der Waals surface area contributed by atoms with Gasteiger partial charge in [0, 0.05) is 24.2 Å². The predicted octanol–water partition coefficient (Wildman–Crippen LogP) is 4.14. The second-order valence-electron chi connectivity index (χ2n) is 11.0. The van der Waals surface area contributed by atoms with Gasteiger partial charge in [-0.3, -0.25) is 9.69 Å². The summed E-state index contributed by atoms with van der Waals surface area (Å²) < 4.78 is 7.79. The number of pyridine rings is 1. The number of likely N-dealkylation sites (tertiary alicyclic amines) is 1. The molecule has 3 fully saturated rings. The first kappa shape index (κ1) is 22.9. The maximum Gasteiger partial charge on any atom is 0.253 e. The minimum atomic E-state index is -0.279. The zero-order valence-corrected chi connectivity index (χ0v) is 20.7. The second-order valence-corrected chi connectivity index (χ2v) is 11.0. The van der Waals surface area contributed by atoms with Gasteiger partial charge in [-0.15, -0.1) is 5.10 Å². The molecule has 0 amide bonds. The van der Waals surface area contributed by atoms with Crippen molar-refractivity contribution in [2.45, 2.75) is 83.4 Å². The van der Waals surface area contributed by atoms with Gasteiger partial charge in [-0.2, -0.15) is 0 Å². The molecule has 1 aromatic carbocycles. The molecular weight excluding hydrogens is 440 g/mol. The van der Waals surface area contributed by atoms with Crippen molar-refractivity contribution in [3.63, 3.8) is 0 Å². The summed E-state index contributed by atoms with van der Waals surface area (Å²) in [5, 5.41) is 14.0. The van der Waals surface area contributed by atoms with E-state index in [4.69, 9.17) is 4.74 Å². The molecule has 2 aromatic heterocycles. The van der Waals surface area contributed by atoms with Crippen LogP contribution in [0, 0.1) is 12.3 Å². The number of H-pyrrole nitrogens is 1. The Morgan fingerprint density at radius 2 is 2.00 bits per heavy atom. The Kier molecular flexibility index (Phi) is 6.18. The smallest absolute Gasteiger partial charge is 0.253 e. The average Bonchev–Trinajstić information content (AvgIpc) is 3.53. The number of rotatable bonds is 5. The maximum atomic E-state index is 13.5. The molecule has 6 rings (SSSR count). The number of fused-ring (bicyclic) bond motifs is 1. The standard InChI is InChI=1S/C27H36N6O2/c1-19-8-9-23-20(15-19)16-22(26(34)28-23)24(25-29-30-31-33(25)17-21-7-5-14-35-21)32-13-6-12-27(18-32)10-3-2-4-11-27/h8-9,15-16,21,24H,2-7,10-14,17-18H2,1H3,(H,28,34)/t21-,24-/m0/s1. The van der Waals surface area contributed by atoms with Crippen LogP contribution in [0.3, 0.4) is 0 Å². The van der Waals surface area contributed by atoms with Gasteiger partial charge in [0.1, 0.15) is 6.04 Å². The van der Waals surface area contributed by atoms with Crippen LogP contribution in [0.4, 0.5) is 0 Å². The van der Waals surface area contributed by atoms with Gasteiger partial charge >= 0.3 is 0 Å². The Hall–Kier alpha value is -2.58. The summed E-state index contributed by atoms with van der Waals surface area (Å²) in [5.41, 5.74) is 3.07. The van der Waals surface area contributed by atoms with Crippen LogP contribution in [0.2, 0.25) is 0 Å². The highest BCUT2D eigenvalue weighted by atomic mass is 16.5. The molecule has 1 N–H and O–H groups in total. The van der Waals surface area contributed by atoms with E-state index in [1.807, 2.05) is 16.8 Å². The van der Waals surface area contributed by atoms with E-state index in [-0.39, 0.29) is 17.7 Å². The number of aromatic amines is 1. The quantitative estimate of drug-likeness (QED) is 0.595. The molecule has 3 aliphatic rings. The first-order valence-corrected chi connectivity index (χ1v) is 13.4. The molecule has 0 bridgehead atoms. The fraction of sp³-hybridized carbons (Fsp3) is 0.630. The Morgan fingerprint density at radius 1 is 1.14 bits per heavy atom. The van der Waals surface area contributed by atoms with Crippen molar-refractivity contribution in [3.05, 3.63) is 51.6 Å². The molecule has 35 heavy (non-hydrogen) atoms. The van der Waals surface area contributed by atoms with Crippen LogP contribution in [-0.2, 0) is 11.3 Å². The number of aromatic nitrogens is 5. The van der Waals surface area contributed by atoms with Gasteiger partial charge in [-0.25, -0.2) is 4.68 Å². The fourth-order valence-corrected chi connectivity index (χ4v) is 6.74. The third-order valence-electron chi connectivity index (χ3n) is 8.50. The SMILES string of the molecule is Cc1ccc2[nH]c(=O)c([C@@H](c3nnnn3C[C@@H]3CCCO3)N3CCCC4(CCCCC4)C3)cc2c1. The average molecular weight is 477 g/mol. The summed E-state index contributed by atoms with van der Waals surface area (Å²) in [5.74, 6) is 0.755. The molecule has 0 unspecified atom stereocenters. The van der Waals surface area contributed by atoms with Crippen LogP contribution in [0.5, 0.6) is 0 Å². The zero-order valence-electron chi connectivity index (χ0n) is 20.7. The molecule has 8 heteroatoms. The molecule has 1 saturated carbocycles. The monoisotopic (exact) mass is 476 g/mol. The highest BCUT2D eigenvalue weighted by Gasteiger charge is 2.41. The molecule has 3 aromatic rings. The van der Waals surface area contributed by atoms with E-state index in [9.17, 15) is 4.79 Å². The van der Waals surface area contributed by atoms with Gasteiger partial charge in [0.05, 0.1) is 12.6 Å². The number of benzene rings is 1. The second kappa shape index (κ2) is 9.47. The van der Waals surface area contributed by atoms with Gasteiger partial charge in [-0.05, 0) is 91.4 Å². The van der Waals surface area contributed by atoms with Gasteiger partial charge in [0.25, 0.3) is 5.56 Å². The number of ether oxygens (including phenoxy) is 1.